The molecule has 9 nitrogen and oxygen atoms in total. The third-order valence-electron chi connectivity index (χ3n) is 5.90. The van der Waals surface area contributed by atoms with Crippen molar-refractivity contribution >= 4 is 21.8 Å². The monoisotopic (exact) mass is 489 g/mol. The van der Waals surface area contributed by atoms with Crippen molar-refractivity contribution in [3.8, 4) is 11.5 Å². The smallest absolute Gasteiger partial charge is 0.243 e. The zero-order chi connectivity index (χ0) is 24.7. The predicted molar refractivity (Wildman–Crippen MR) is 127 cm³/mol. The molecule has 1 saturated heterocycles. The number of carbonyl (C=O) groups excluding carboxylic acids is 2. The third-order valence-corrected chi connectivity index (χ3v) is 7.81. The van der Waals surface area contributed by atoms with Gasteiger partial charge in [0.15, 0.2) is 0 Å². The van der Waals surface area contributed by atoms with Crippen LogP contribution >= 0.6 is 0 Å². The summed E-state index contributed by atoms with van der Waals surface area (Å²) in [7, 11) is -0.530. The van der Waals surface area contributed by atoms with Gasteiger partial charge >= 0.3 is 0 Å². The van der Waals surface area contributed by atoms with E-state index >= 15 is 0 Å². The van der Waals surface area contributed by atoms with E-state index in [9.17, 15) is 18.0 Å². The Hall–Kier alpha value is -3.11. The standard InChI is InChI=1S/C24H31N3O6S/c1-17(23(28)25-16-18-4-6-20(32-2)7-5-18)26-24(29)19-12-14-27(15-13-19)34(30,31)22-10-8-21(33-3)9-11-22/h4-11,17,19H,12-16H2,1-3H3,(H,25,28)(H,26,29)/t17-/m1/s1. The van der Waals surface area contributed by atoms with E-state index in [1.807, 2.05) is 24.3 Å². The number of carbonyl (C=O) groups is 2. The summed E-state index contributed by atoms with van der Waals surface area (Å²) in [6.07, 6.45) is 0.781. The molecule has 2 amide bonds. The van der Waals surface area contributed by atoms with Gasteiger partial charge in [-0.15, -0.1) is 0 Å². The molecular weight excluding hydrogens is 458 g/mol. The SMILES string of the molecule is COc1ccc(CNC(=O)[C@@H](C)NC(=O)C2CCN(S(=O)(=O)c3ccc(OC)cc3)CC2)cc1. The molecule has 2 N–H and O–H groups in total. The van der Waals surface area contributed by atoms with E-state index in [2.05, 4.69) is 10.6 Å². The summed E-state index contributed by atoms with van der Waals surface area (Å²) in [5.74, 6) is 0.437. The van der Waals surface area contributed by atoms with Crippen LogP contribution in [0, 0.1) is 5.92 Å². The maximum atomic E-state index is 12.9. The van der Waals surface area contributed by atoms with Crippen molar-refractivity contribution in [2.75, 3.05) is 27.3 Å². The first-order valence-electron chi connectivity index (χ1n) is 11.1. The second kappa shape index (κ2) is 11.3. The van der Waals surface area contributed by atoms with E-state index in [0.717, 1.165) is 11.3 Å². The number of piperidine rings is 1. The fourth-order valence-electron chi connectivity index (χ4n) is 3.74. The lowest BCUT2D eigenvalue weighted by Gasteiger charge is -2.31. The third kappa shape index (κ3) is 6.27. The molecule has 1 heterocycles. The molecule has 34 heavy (non-hydrogen) atoms. The van der Waals surface area contributed by atoms with Crippen LogP contribution in [0.4, 0.5) is 0 Å². The van der Waals surface area contributed by atoms with Crippen LogP contribution < -0.4 is 20.1 Å². The summed E-state index contributed by atoms with van der Waals surface area (Å²) in [4.78, 5) is 25.3. The molecule has 10 heteroatoms. The van der Waals surface area contributed by atoms with Gasteiger partial charge in [-0.3, -0.25) is 9.59 Å². The first-order chi connectivity index (χ1) is 16.2. The molecular formula is C24H31N3O6S. The van der Waals surface area contributed by atoms with Crippen molar-refractivity contribution < 1.29 is 27.5 Å². The van der Waals surface area contributed by atoms with E-state index < -0.39 is 16.1 Å². The number of nitrogens with one attached hydrogen (secondary N) is 2. The minimum atomic E-state index is -3.64. The van der Waals surface area contributed by atoms with Crippen molar-refractivity contribution in [1.82, 2.24) is 14.9 Å². The number of rotatable bonds is 9. The Bertz CT molecular complexity index is 1080. The normalized spacial score (nSPS) is 15.9. The molecule has 0 aromatic heterocycles. The molecule has 3 rings (SSSR count). The maximum absolute atomic E-state index is 12.9. The zero-order valence-electron chi connectivity index (χ0n) is 19.6. The van der Waals surface area contributed by atoms with Crippen LogP contribution in [0.1, 0.15) is 25.3 Å². The molecule has 1 aliphatic heterocycles. The van der Waals surface area contributed by atoms with Gasteiger partial charge in [-0.1, -0.05) is 12.1 Å². The molecule has 0 radical (unpaired) electrons. The number of hydrogen-bond acceptors (Lipinski definition) is 6. The van der Waals surface area contributed by atoms with Gasteiger partial charge in [0.05, 0.1) is 19.1 Å². The Morgan fingerprint density at radius 1 is 0.971 bits per heavy atom. The van der Waals surface area contributed by atoms with Gasteiger partial charge in [-0.25, -0.2) is 8.42 Å². The van der Waals surface area contributed by atoms with Gasteiger partial charge in [-0.05, 0) is 61.7 Å². The van der Waals surface area contributed by atoms with Crippen LogP contribution in [0.3, 0.4) is 0 Å². The first-order valence-corrected chi connectivity index (χ1v) is 12.5. The van der Waals surface area contributed by atoms with E-state index in [-0.39, 0.29) is 35.7 Å². The Balaban J connectivity index is 1.47. The number of methoxy groups -OCH3 is 2. The van der Waals surface area contributed by atoms with Crippen molar-refractivity contribution in [1.29, 1.82) is 0 Å². The number of hydrogen-bond donors (Lipinski definition) is 2. The Morgan fingerprint density at radius 2 is 1.50 bits per heavy atom. The zero-order valence-corrected chi connectivity index (χ0v) is 20.4. The van der Waals surface area contributed by atoms with Crippen LogP contribution in [-0.4, -0.2) is 57.9 Å². The van der Waals surface area contributed by atoms with Gasteiger partial charge < -0.3 is 20.1 Å². The van der Waals surface area contributed by atoms with Crippen LogP contribution in [0.5, 0.6) is 11.5 Å². The van der Waals surface area contributed by atoms with Gasteiger partial charge in [-0.2, -0.15) is 4.31 Å². The van der Waals surface area contributed by atoms with Crippen LogP contribution in [0.15, 0.2) is 53.4 Å². The molecule has 2 aromatic rings. The van der Waals surface area contributed by atoms with Gasteiger partial charge in [0.25, 0.3) is 0 Å². The topological polar surface area (TPSA) is 114 Å². The fourth-order valence-corrected chi connectivity index (χ4v) is 5.21. The molecule has 0 unspecified atom stereocenters. The molecule has 0 aliphatic carbocycles. The number of sulfonamides is 1. The van der Waals surface area contributed by atoms with Crippen LogP contribution in [0.2, 0.25) is 0 Å². The van der Waals surface area contributed by atoms with Crippen molar-refractivity contribution in [2.45, 2.75) is 37.2 Å². The Labute approximate surface area is 200 Å². The maximum Gasteiger partial charge on any atom is 0.243 e. The highest BCUT2D eigenvalue weighted by molar-refractivity contribution is 7.89. The predicted octanol–water partition coefficient (Wildman–Crippen LogP) is 1.93. The van der Waals surface area contributed by atoms with E-state index in [0.29, 0.717) is 25.1 Å². The van der Waals surface area contributed by atoms with E-state index in [1.54, 1.807) is 26.2 Å². The number of amides is 2. The second-order valence-corrected chi connectivity index (χ2v) is 10.1. The molecule has 184 valence electrons. The molecule has 0 bridgehead atoms. The Kier molecular flexibility index (Phi) is 8.51. The first kappa shape index (κ1) is 25.5. The van der Waals surface area contributed by atoms with Crippen LogP contribution in [0.25, 0.3) is 0 Å². The van der Waals surface area contributed by atoms with Crippen LogP contribution in [-0.2, 0) is 26.2 Å². The van der Waals surface area contributed by atoms with Gasteiger partial charge in [0.1, 0.15) is 17.5 Å². The number of ether oxygens (including phenoxy) is 2. The number of nitrogens with zero attached hydrogens (tertiary/aromatic N) is 1. The number of benzene rings is 2. The molecule has 1 fully saturated rings. The summed E-state index contributed by atoms with van der Waals surface area (Å²) >= 11 is 0. The second-order valence-electron chi connectivity index (χ2n) is 8.15. The molecule has 1 atom stereocenters. The molecule has 0 saturated carbocycles. The summed E-state index contributed by atoms with van der Waals surface area (Å²) in [6, 6.07) is 12.9. The summed E-state index contributed by atoms with van der Waals surface area (Å²) in [6.45, 7) is 2.45. The average molecular weight is 490 g/mol. The van der Waals surface area contributed by atoms with Crippen molar-refractivity contribution in [2.24, 2.45) is 5.92 Å². The molecule has 1 aliphatic rings. The summed E-state index contributed by atoms with van der Waals surface area (Å²) in [5, 5.41) is 5.56. The van der Waals surface area contributed by atoms with Crippen molar-refractivity contribution in [3.63, 3.8) is 0 Å². The quantitative estimate of drug-likeness (QED) is 0.556. The molecule has 2 aromatic carbocycles. The lowest BCUT2D eigenvalue weighted by molar-refractivity contribution is -0.131. The average Bonchev–Trinajstić information content (AvgIpc) is 2.87. The minimum Gasteiger partial charge on any atom is -0.497 e. The lowest BCUT2D eigenvalue weighted by Crippen LogP contribution is -2.49. The van der Waals surface area contributed by atoms with E-state index in [4.69, 9.17) is 9.47 Å². The van der Waals surface area contributed by atoms with E-state index in [1.165, 1.54) is 23.5 Å². The lowest BCUT2D eigenvalue weighted by atomic mass is 9.97. The summed E-state index contributed by atoms with van der Waals surface area (Å²) in [5.41, 5.74) is 0.915. The highest BCUT2D eigenvalue weighted by atomic mass is 32.2. The highest BCUT2D eigenvalue weighted by Crippen LogP contribution is 2.25. The van der Waals surface area contributed by atoms with Gasteiger partial charge in [0, 0.05) is 25.6 Å². The van der Waals surface area contributed by atoms with Crippen molar-refractivity contribution in [3.05, 3.63) is 54.1 Å². The molecule has 0 spiro atoms. The largest absolute Gasteiger partial charge is 0.497 e. The highest BCUT2D eigenvalue weighted by Gasteiger charge is 2.33. The summed E-state index contributed by atoms with van der Waals surface area (Å²) < 4.78 is 37.3. The fraction of sp³-hybridized carbons (Fsp3) is 0.417. The Morgan fingerprint density at radius 3 is 2.03 bits per heavy atom. The minimum absolute atomic E-state index is 0.193. The van der Waals surface area contributed by atoms with Gasteiger partial charge in [0.2, 0.25) is 21.8 Å².